The van der Waals surface area contributed by atoms with Gasteiger partial charge in [0.1, 0.15) is 17.5 Å². The van der Waals surface area contributed by atoms with Crippen molar-refractivity contribution < 1.29 is 18.4 Å². The van der Waals surface area contributed by atoms with Gasteiger partial charge in [-0.05, 0) is 38.1 Å². The van der Waals surface area contributed by atoms with Crippen LogP contribution in [0.15, 0.2) is 35.2 Å². The Hall–Kier alpha value is -3.07. The standard InChI is InChI=1S/C18H18FN5O3/c1-11-7-12(2)24(21-11)15-4-3-13(8-14(15)19)18(25)23-5-6-26-9-16(23)17-20-10-27-22-17/h3-4,7-8,10,16H,5-6,9H2,1-2H3/t16-/m0/s1. The summed E-state index contributed by atoms with van der Waals surface area (Å²) in [5.74, 6) is -0.467. The molecule has 0 radical (unpaired) electrons. The second-order valence-corrected chi connectivity index (χ2v) is 6.38. The van der Waals surface area contributed by atoms with E-state index in [1.807, 2.05) is 19.9 Å². The van der Waals surface area contributed by atoms with E-state index in [4.69, 9.17) is 9.26 Å². The predicted molar refractivity (Wildman–Crippen MR) is 91.9 cm³/mol. The van der Waals surface area contributed by atoms with Crippen molar-refractivity contribution in [1.82, 2.24) is 24.8 Å². The Kier molecular flexibility index (Phi) is 4.44. The molecule has 9 heteroatoms. The summed E-state index contributed by atoms with van der Waals surface area (Å²) >= 11 is 0. The van der Waals surface area contributed by atoms with Gasteiger partial charge in [-0.25, -0.2) is 9.07 Å². The van der Waals surface area contributed by atoms with Gasteiger partial charge in [-0.1, -0.05) is 5.16 Å². The lowest BCUT2D eigenvalue weighted by Gasteiger charge is -2.33. The van der Waals surface area contributed by atoms with E-state index in [9.17, 15) is 9.18 Å². The zero-order valence-electron chi connectivity index (χ0n) is 14.9. The number of amides is 1. The van der Waals surface area contributed by atoms with Crippen LogP contribution in [0.4, 0.5) is 4.39 Å². The summed E-state index contributed by atoms with van der Waals surface area (Å²) in [6, 6.07) is 5.79. The maximum absolute atomic E-state index is 14.7. The molecule has 0 bridgehead atoms. The van der Waals surface area contributed by atoms with Gasteiger partial charge in [-0.15, -0.1) is 0 Å². The normalized spacial score (nSPS) is 17.3. The Balaban J connectivity index is 1.63. The summed E-state index contributed by atoms with van der Waals surface area (Å²) in [6.07, 6.45) is 1.20. The van der Waals surface area contributed by atoms with Crippen molar-refractivity contribution in [2.24, 2.45) is 0 Å². The maximum atomic E-state index is 14.7. The van der Waals surface area contributed by atoms with Gasteiger partial charge in [0.15, 0.2) is 5.82 Å². The molecule has 1 saturated heterocycles. The maximum Gasteiger partial charge on any atom is 0.254 e. The van der Waals surface area contributed by atoms with Gasteiger partial charge in [-0.2, -0.15) is 10.1 Å². The summed E-state index contributed by atoms with van der Waals surface area (Å²) in [4.78, 5) is 18.6. The van der Waals surface area contributed by atoms with Crippen molar-refractivity contribution >= 4 is 5.91 Å². The first-order valence-corrected chi connectivity index (χ1v) is 8.53. The smallest absolute Gasteiger partial charge is 0.254 e. The summed E-state index contributed by atoms with van der Waals surface area (Å²) in [5.41, 5.74) is 2.15. The summed E-state index contributed by atoms with van der Waals surface area (Å²) in [5, 5.41) is 8.09. The van der Waals surface area contributed by atoms with E-state index in [1.165, 1.54) is 17.1 Å². The van der Waals surface area contributed by atoms with Crippen molar-refractivity contribution in [3.8, 4) is 5.69 Å². The van der Waals surface area contributed by atoms with Crippen molar-refractivity contribution in [3.05, 3.63) is 59.3 Å². The van der Waals surface area contributed by atoms with Crippen LogP contribution in [0.25, 0.3) is 5.69 Å². The highest BCUT2D eigenvalue weighted by Crippen LogP contribution is 2.25. The fraction of sp³-hybridized carbons (Fsp3) is 0.333. The molecule has 2 aromatic heterocycles. The van der Waals surface area contributed by atoms with E-state index in [0.717, 1.165) is 11.4 Å². The molecule has 8 nitrogen and oxygen atoms in total. The highest BCUT2D eigenvalue weighted by atomic mass is 19.1. The third kappa shape index (κ3) is 3.21. The molecule has 0 unspecified atom stereocenters. The number of hydrogen-bond donors (Lipinski definition) is 0. The molecule has 0 aliphatic carbocycles. The molecule has 27 heavy (non-hydrogen) atoms. The molecular weight excluding hydrogens is 353 g/mol. The second kappa shape index (κ2) is 6.92. The minimum Gasteiger partial charge on any atom is -0.377 e. The average Bonchev–Trinajstić information content (AvgIpc) is 3.31. The average molecular weight is 371 g/mol. The monoisotopic (exact) mass is 371 g/mol. The van der Waals surface area contributed by atoms with Crippen LogP contribution in [0, 0.1) is 19.7 Å². The zero-order chi connectivity index (χ0) is 19.0. The molecule has 1 aromatic carbocycles. The molecule has 0 spiro atoms. The van der Waals surface area contributed by atoms with Crippen LogP contribution in [-0.2, 0) is 4.74 Å². The minimum atomic E-state index is -0.517. The largest absolute Gasteiger partial charge is 0.377 e. The number of benzene rings is 1. The van der Waals surface area contributed by atoms with Gasteiger partial charge in [0.2, 0.25) is 6.39 Å². The molecule has 1 amide bonds. The summed E-state index contributed by atoms with van der Waals surface area (Å²) in [7, 11) is 0. The second-order valence-electron chi connectivity index (χ2n) is 6.38. The Morgan fingerprint density at radius 3 is 2.81 bits per heavy atom. The van der Waals surface area contributed by atoms with E-state index in [-0.39, 0.29) is 18.1 Å². The van der Waals surface area contributed by atoms with E-state index in [0.29, 0.717) is 24.7 Å². The van der Waals surface area contributed by atoms with E-state index in [2.05, 4.69) is 15.2 Å². The van der Waals surface area contributed by atoms with Gasteiger partial charge in [0.05, 0.1) is 18.9 Å². The van der Waals surface area contributed by atoms with Gasteiger partial charge < -0.3 is 14.2 Å². The molecule has 4 rings (SSSR count). The molecule has 1 atom stereocenters. The fourth-order valence-electron chi connectivity index (χ4n) is 3.24. The fourth-order valence-corrected chi connectivity index (χ4v) is 3.24. The van der Waals surface area contributed by atoms with Gasteiger partial charge in [0, 0.05) is 17.8 Å². The number of aryl methyl sites for hydroxylation is 2. The lowest BCUT2D eigenvalue weighted by atomic mass is 10.1. The number of hydrogen-bond acceptors (Lipinski definition) is 6. The van der Waals surface area contributed by atoms with Crippen LogP contribution in [0.2, 0.25) is 0 Å². The Morgan fingerprint density at radius 2 is 2.15 bits per heavy atom. The molecular formula is C18H18FN5O3. The third-order valence-corrected chi connectivity index (χ3v) is 4.50. The number of morpholine rings is 1. The summed E-state index contributed by atoms with van der Waals surface area (Å²) < 4.78 is 26.5. The molecule has 0 saturated carbocycles. The molecule has 3 heterocycles. The molecule has 1 fully saturated rings. The van der Waals surface area contributed by atoms with Crippen LogP contribution in [-0.4, -0.2) is 50.5 Å². The van der Waals surface area contributed by atoms with Gasteiger partial charge in [0.25, 0.3) is 5.91 Å². The van der Waals surface area contributed by atoms with E-state index < -0.39 is 11.9 Å². The molecule has 1 aliphatic rings. The number of nitrogens with zero attached hydrogens (tertiary/aromatic N) is 5. The first kappa shape index (κ1) is 17.3. The third-order valence-electron chi connectivity index (χ3n) is 4.50. The number of aromatic nitrogens is 4. The van der Waals surface area contributed by atoms with Crippen molar-refractivity contribution in [2.45, 2.75) is 19.9 Å². The first-order chi connectivity index (χ1) is 13.0. The highest BCUT2D eigenvalue weighted by molar-refractivity contribution is 5.94. The predicted octanol–water partition coefficient (Wildman–Crippen LogP) is 2.22. The lowest BCUT2D eigenvalue weighted by molar-refractivity contribution is -0.00578. The molecule has 1 aliphatic heterocycles. The minimum absolute atomic E-state index is 0.244. The van der Waals surface area contributed by atoms with Crippen molar-refractivity contribution in [2.75, 3.05) is 19.8 Å². The highest BCUT2D eigenvalue weighted by Gasteiger charge is 2.32. The van der Waals surface area contributed by atoms with Crippen LogP contribution in [0.1, 0.15) is 33.6 Å². The molecule has 140 valence electrons. The first-order valence-electron chi connectivity index (χ1n) is 8.53. The Bertz CT molecular complexity index is 970. The number of carbonyl (C=O) groups excluding carboxylic acids is 1. The lowest BCUT2D eigenvalue weighted by Crippen LogP contribution is -2.43. The number of halogens is 1. The van der Waals surface area contributed by atoms with E-state index >= 15 is 0 Å². The Morgan fingerprint density at radius 1 is 1.30 bits per heavy atom. The molecule has 3 aromatic rings. The summed E-state index contributed by atoms with van der Waals surface area (Å²) in [6.45, 7) is 4.71. The number of rotatable bonds is 3. The SMILES string of the molecule is Cc1cc(C)n(-c2ccc(C(=O)N3CCOC[C@H]3c3ncon3)cc2F)n1. The van der Waals surface area contributed by atoms with Gasteiger partial charge >= 0.3 is 0 Å². The van der Waals surface area contributed by atoms with Gasteiger partial charge in [-0.3, -0.25) is 4.79 Å². The number of carbonyl (C=O) groups is 1. The molecule has 0 N–H and O–H groups in total. The van der Waals surface area contributed by atoms with Crippen LogP contribution >= 0.6 is 0 Å². The quantitative estimate of drug-likeness (QED) is 0.702. The van der Waals surface area contributed by atoms with Crippen molar-refractivity contribution in [3.63, 3.8) is 0 Å². The zero-order valence-corrected chi connectivity index (χ0v) is 14.9. The Labute approximate surface area is 154 Å². The van der Waals surface area contributed by atoms with Crippen LogP contribution in [0.5, 0.6) is 0 Å². The van der Waals surface area contributed by atoms with Crippen LogP contribution in [0.3, 0.4) is 0 Å². The topological polar surface area (TPSA) is 86.3 Å². The van der Waals surface area contributed by atoms with E-state index in [1.54, 1.807) is 17.0 Å². The van der Waals surface area contributed by atoms with Crippen LogP contribution < -0.4 is 0 Å². The van der Waals surface area contributed by atoms with Crippen molar-refractivity contribution in [1.29, 1.82) is 0 Å². The number of ether oxygens (including phenoxy) is 1.